The fraction of sp³-hybridized carbons (Fsp3) is 0.235. The number of ether oxygens (including phenoxy) is 1. The third-order valence-corrected chi connectivity index (χ3v) is 3.25. The van der Waals surface area contributed by atoms with Gasteiger partial charge in [0.05, 0.1) is 7.11 Å². The van der Waals surface area contributed by atoms with Crippen molar-refractivity contribution in [2.24, 2.45) is 0 Å². The number of hydrogen-bond acceptors (Lipinski definition) is 2. The van der Waals surface area contributed by atoms with E-state index in [1.807, 2.05) is 24.3 Å². The lowest BCUT2D eigenvalue weighted by Gasteiger charge is -2.09. The number of hydrogen-bond donors (Lipinski definition) is 1. The Balaban J connectivity index is 1.84. The number of amides is 1. The molecule has 0 unspecified atom stereocenters. The van der Waals surface area contributed by atoms with Gasteiger partial charge in [-0.05, 0) is 24.1 Å². The first-order valence-electron chi connectivity index (χ1n) is 6.82. The van der Waals surface area contributed by atoms with Gasteiger partial charge in [-0.2, -0.15) is 0 Å². The van der Waals surface area contributed by atoms with E-state index in [9.17, 15) is 9.18 Å². The highest BCUT2D eigenvalue weighted by Gasteiger charge is 2.07. The van der Waals surface area contributed by atoms with Crippen LogP contribution in [-0.2, 0) is 17.8 Å². The summed E-state index contributed by atoms with van der Waals surface area (Å²) in [7, 11) is 1.60. The molecular weight excluding hydrogens is 269 g/mol. The molecular formula is C17H18FNO2. The summed E-state index contributed by atoms with van der Waals surface area (Å²) in [4.78, 5) is 11.8. The molecule has 21 heavy (non-hydrogen) atoms. The molecule has 0 aliphatic carbocycles. The van der Waals surface area contributed by atoms with E-state index in [0.717, 1.165) is 11.3 Å². The van der Waals surface area contributed by atoms with Crippen molar-refractivity contribution in [3.63, 3.8) is 0 Å². The number of rotatable bonds is 6. The Kier molecular flexibility index (Phi) is 5.32. The van der Waals surface area contributed by atoms with E-state index in [-0.39, 0.29) is 18.1 Å². The van der Waals surface area contributed by atoms with Crippen LogP contribution in [0.15, 0.2) is 48.5 Å². The minimum Gasteiger partial charge on any atom is -0.496 e. The van der Waals surface area contributed by atoms with Gasteiger partial charge in [0, 0.05) is 18.5 Å². The van der Waals surface area contributed by atoms with Crippen LogP contribution in [0.5, 0.6) is 5.75 Å². The molecule has 3 nitrogen and oxygen atoms in total. The second-order valence-corrected chi connectivity index (χ2v) is 4.68. The van der Waals surface area contributed by atoms with E-state index in [1.54, 1.807) is 25.3 Å². The molecule has 0 aromatic heterocycles. The molecule has 0 saturated heterocycles. The topological polar surface area (TPSA) is 38.3 Å². The quantitative estimate of drug-likeness (QED) is 0.886. The Morgan fingerprint density at radius 2 is 1.76 bits per heavy atom. The molecule has 0 atom stereocenters. The molecule has 0 aliphatic heterocycles. The maximum atomic E-state index is 13.4. The monoisotopic (exact) mass is 287 g/mol. The van der Waals surface area contributed by atoms with E-state index in [0.29, 0.717) is 18.5 Å². The highest BCUT2D eigenvalue weighted by molar-refractivity contribution is 5.76. The molecule has 1 N–H and O–H groups in total. The van der Waals surface area contributed by atoms with Gasteiger partial charge < -0.3 is 10.1 Å². The van der Waals surface area contributed by atoms with E-state index in [4.69, 9.17) is 4.74 Å². The van der Waals surface area contributed by atoms with Crippen molar-refractivity contribution in [3.05, 3.63) is 65.5 Å². The van der Waals surface area contributed by atoms with Gasteiger partial charge in [0.1, 0.15) is 11.6 Å². The van der Waals surface area contributed by atoms with Crippen molar-refractivity contribution < 1.29 is 13.9 Å². The van der Waals surface area contributed by atoms with Crippen molar-refractivity contribution in [1.82, 2.24) is 5.32 Å². The standard InChI is InChI=1S/C17H18FNO2/c1-21-16-9-5-3-7-14(16)12-19-17(20)11-10-13-6-2-4-8-15(13)18/h2-9H,10-12H2,1H3,(H,19,20). The lowest BCUT2D eigenvalue weighted by Crippen LogP contribution is -2.23. The summed E-state index contributed by atoms with van der Waals surface area (Å²) in [5.74, 6) is 0.367. The maximum Gasteiger partial charge on any atom is 0.220 e. The van der Waals surface area contributed by atoms with E-state index >= 15 is 0 Å². The Morgan fingerprint density at radius 3 is 2.48 bits per heavy atom. The van der Waals surface area contributed by atoms with Gasteiger partial charge in [-0.15, -0.1) is 0 Å². The van der Waals surface area contributed by atoms with Gasteiger partial charge in [-0.25, -0.2) is 4.39 Å². The van der Waals surface area contributed by atoms with Gasteiger partial charge in [-0.1, -0.05) is 36.4 Å². The number of para-hydroxylation sites is 1. The lowest BCUT2D eigenvalue weighted by molar-refractivity contribution is -0.121. The van der Waals surface area contributed by atoms with Crippen LogP contribution in [0, 0.1) is 5.82 Å². The summed E-state index contributed by atoms with van der Waals surface area (Å²) in [5, 5.41) is 2.82. The smallest absolute Gasteiger partial charge is 0.220 e. The average Bonchev–Trinajstić information content (AvgIpc) is 2.52. The van der Waals surface area contributed by atoms with E-state index in [2.05, 4.69) is 5.32 Å². The summed E-state index contributed by atoms with van der Waals surface area (Å²) in [6.45, 7) is 0.403. The predicted molar refractivity (Wildman–Crippen MR) is 79.6 cm³/mol. The lowest BCUT2D eigenvalue weighted by atomic mass is 10.1. The van der Waals surface area contributed by atoms with E-state index in [1.165, 1.54) is 6.07 Å². The summed E-state index contributed by atoms with van der Waals surface area (Å²) < 4.78 is 18.7. The number of carbonyl (C=O) groups is 1. The summed E-state index contributed by atoms with van der Waals surface area (Å²) >= 11 is 0. The van der Waals surface area contributed by atoms with Crippen molar-refractivity contribution in [2.75, 3.05) is 7.11 Å². The third kappa shape index (κ3) is 4.31. The minimum atomic E-state index is -0.268. The normalized spacial score (nSPS) is 10.2. The first kappa shape index (κ1) is 15.0. The highest BCUT2D eigenvalue weighted by atomic mass is 19.1. The zero-order valence-corrected chi connectivity index (χ0v) is 11.9. The number of methoxy groups -OCH3 is 1. The molecule has 2 rings (SSSR count). The number of aryl methyl sites for hydroxylation is 1. The van der Waals surface area contributed by atoms with Crippen LogP contribution < -0.4 is 10.1 Å². The number of benzene rings is 2. The molecule has 4 heteroatoms. The van der Waals surface area contributed by atoms with Gasteiger partial charge >= 0.3 is 0 Å². The number of nitrogens with one attached hydrogen (secondary N) is 1. The van der Waals surface area contributed by atoms with Gasteiger partial charge in [0.2, 0.25) is 5.91 Å². The van der Waals surface area contributed by atoms with Crippen LogP contribution in [0.3, 0.4) is 0 Å². The fourth-order valence-corrected chi connectivity index (χ4v) is 2.08. The average molecular weight is 287 g/mol. The molecule has 0 bridgehead atoms. The maximum absolute atomic E-state index is 13.4. The van der Waals surface area contributed by atoms with Gasteiger partial charge in [-0.3, -0.25) is 4.79 Å². The van der Waals surface area contributed by atoms with Gasteiger partial charge in [0.15, 0.2) is 0 Å². The Bertz CT molecular complexity index is 613. The highest BCUT2D eigenvalue weighted by Crippen LogP contribution is 2.16. The first-order chi connectivity index (χ1) is 10.2. The molecule has 110 valence electrons. The molecule has 0 heterocycles. The molecule has 0 fully saturated rings. The summed E-state index contributed by atoms with van der Waals surface area (Å²) in [6.07, 6.45) is 0.653. The van der Waals surface area contributed by atoms with E-state index < -0.39 is 0 Å². The number of halogens is 1. The molecule has 2 aromatic rings. The Labute approximate surface area is 123 Å². The van der Waals surface area contributed by atoms with Crippen LogP contribution in [0.1, 0.15) is 17.5 Å². The summed E-state index contributed by atoms with van der Waals surface area (Å²) in [6, 6.07) is 14.0. The second kappa shape index (κ2) is 7.43. The summed E-state index contributed by atoms with van der Waals surface area (Å²) in [5.41, 5.74) is 1.48. The molecule has 0 saturated carbocycles. The molecule has 0 aliphatic rings. The van der Waals surface area contributed by atoms with Crippen molar-refractivity contribution in [1.29, 1.82) is 0 Å². The Morgan fingerprint density at radius 1 is 1.10 bits per heavy atom. The molecule has 0 spiro atoms. The van der Waals surface area contributed by atoms with Crippen molar-refractivity contribution in [3.8, 4) is 5.75 Å². The van der Waals surface area contributed by atoms with Crippen LogP contribution >= 0.6 is 0 Å². The largest absolute Gasteiger partial charge is 0.496 e. The van der Waals surface area contributed by atoms with Crippen LogP contribution in [0.2, 0.25) is 0 Å². The fourth-order valence-electron chi connectivity index (χ4n) is 2.08. The predicted octanol–water partition coefficient (Wildman–Crippen LogP) is 3.08. The van der Waals surface area contributed by atoms with Crippen molar-refractivity contribution in [2.45, 2.75) is 19.4 Å². The zero-order chi connectivity index (χ0) is 15.1. The third-order valence-electron chi connectivity index (χ3n) is 3.25. The molecule has 2 aromatic carbocycles. The SMILES string of the molecule is COc1ccccc1CNC(=O)CCc1ccccc1F. The van der Waals surface area contributed by atoms with Gasteiger partial charge in [0.25, 0.3) is 0 Å². The molecule has 1 amide bonds. The minimum absolute atomic E-state index is 0.107. The van der Waals surface area contributed by atoms with Crippen LogP contribution in [0.25, 0.3) is 0 Å². The van der Waals surface area contributed by atoms with Crippen LogP contribution in [-0.4, -0.2) is 13.0 Å². The Hall–Kier alpha value is -2.36. The zero-order valence-electron chi connectivity index (χ0n) is 11.9. The van der Waals surface area contributed by atoms with Crippen molar-refractivity contribution >= 4 is 5.91 Å². The number of carbonyl (C=O) groups excluding carboxylic acids is 1. The molecule has 0 radical (unpaired) electrons. The van der Waals surface area contributed by atoms with Crippen LogP contribution in [0.4, 0.5) is 4.39 Å². The first-order valence-corrected chi connectivity index (χ1v) is 6.82. The second-order valence-electron chi connectivity index (χ2n) is 4.68.